The van der Waals surface area contributed by atoms with E-state index in [-0.39, 0.29) is 38.3 Å². The van der Waals surface area contributed by atoms with Gasteiger partial charge in [-0.15, -0.1) is 11.3 Å². The fourth-order valence-electron chi connectivity index (χ4n) is 3.93. The molecule has 174 valence electrons. The lowest BCUT2D eigenvalue weighted by atomic mass is 9.98. The molecule has 11 heteroatoms. The first-order valence-electron chi connectivity index (χ1n) is 10.1. The molecular formula is C22H20F3N3O4S. The van der Waals surface area contributed by atoms with Crippen molar-refractivity contribution >= 4 is 34.1 Å². The average Bonchev–Trinajstić information content (AvgIpc) is 3.32. The van der Waals surface area contributed by atoms with Crippen molar-refractivity contribution in [2.75, 3.05) is 26.2 Å². The van der Waals surface area contributed by atoms with Crippen LogP contribution in [0.2, 0.25) is 0 Å². The highest BCUT2D eigenvalue weighted by atomic mass is 32.1. The topological polar surface area (TPSA) is 94.0 Å². The number of aromatic carboxylic acids is 1. The molecule has 1 aliphatic heterocycles. The number of rotatable bonds is 5. The molecule has 2 N–H and O–H groups in total. The molecule has 3 heterocycles. The molecule has 0 radical (unpaired) electrons. The molecular weight excluding hydrogens is 459 g/mol. The van der Waals surface area contributed by atoms with E-state index in [4.69, 9.17) is 4.98 Å². The first-order chi connectivity index (χ1) is 15.7. The fraction of sp³-hybridized carbons (Fsp3) is 0.318. The standard InChI is InChI=1S/C22H20F3N3O4S/c23-22(24,25)19(29)20(30)28-9-7-27(8-10-28)12-14-17(21(31)32)13-4-1-2-5-15(13)26-18(14)16-6-3-11-33-16/h1-6,11,19,29H,7-10,12H2,(H,31,32). The van der Waals surface area contributed by atoms with E-state index in [2.05, 4.69) is 0 Å². The number of piperazine rings is 1. The molecule has 0 bridgehead atoms. The number of carbonyl (C=O) groups is 2. The van der Waals surface area contributed by atoms with Gasteiger partial charge in [-0.2, -0.15) is 13.2 Å². The number of halogens is 3. The predicted octanol–water partition coefficient (Wildman–Crippen LogP) is 3.23. The molecule has 1 saturated heterocycles. The van der Waals surface area contributed by atoms with Crippen LogP contribution < -0.4 is 0 Å². The fourth-order valence-corrected chi connectivity index (χ4v) is 4.67. The minimum Gasteiger partial charge on any atom is -0.478 e. The Morgan fingerprint density at radius 1 is 1.09 bits per heavy atom. The lowest BCUT2D eigenvalue weighted by molar-refractivity contribution is -0.211. The maximum atomic E-state index is 12.7. The molecule has 0 saturated carbocycles. The number of aromatic nitrogens is 1. The van der Waals surface area contributed by atoms with Crippen LogP contribution in [0.1, 0.15) is 15.9 Å². The van der Waals surface area contributed by atoms with Crippen LogP contribution >= 0.6 is 11.3 Å². The lowest BCUT2D eigenvalue weighted by Gasteiger charge is -2.36. The Labute approximate surface area is 190 Å². The molecule has 3 aromatic rings. The molecule has 0 spiro atoms. The molecule has 7 nitrogen and oxygen atoms in total. The zero-order valence-electron chi connectivity index (χ0n) is 17.2. The number of hydrogen-bond acceptors (Lipinski definition) is 6. The van der Waals surface area contributed by atoms with E-state index in [1.165, 1.54) is 11.3 Å². The lowest BCUT2D eigenvalue weighted by Crippen LogP contribution is -2.54. The number of hydrogen-bond donors (Lipinski definition) is 2. The van der Waals surface area contributed by atoms with Gasteiger partial charge in [0.05, 0.1) is 21.7 Å². The van der Waals surface area contributed by atoms with Gasteiger partial charge < -0.3 is 15.1 Å². The van der Waals surface area contributed by atoms with E-state index < -0.39 is 24.2 Å². The normalized spacial score (nSPS) is 16.2. The molecule has 1 amide bonds. The van der Waals surface area contributed by atoms with Crippen LogP contribution in [0.25, 0.3) is 21.5 Å². The summed E-state index contributed by atoms with van der Waals surface area (Å²) in [7, 11) is 0. The van der Waals surface area contributed by atoms with E-state index in [0.29, 0.717) is 22.2 Å². The number of aliphatic hydroxyl groups excluding tert-OH is 1. The molecule has 1 aromatic carbocycles. The molecule has 1 atom stereocenters. The molecule has 2 aromatic heterocycles. The number of aliphatic hydroxyl groups is 1. The van der Waals surface area contributed by atoms with Gasteiger partial charge in [-0.3, -0.25) is 9.69 Å². The number of nitrogens with zero attached hydrogens (tertiary/aromatic N) is 3. The number of carboxylic acid groups (broad SMARTS) is 1. The van der Waals surface area contributed by atoms with Gasteiger partial charge in [0.25, 0.3) is 5.91 Å². The number of fused-ring (bicyclic) bond motifs is 1. The summed E-state index contributed by atoms with van der Waals surface area (Å²) in [6, 6.07) is 10.7. The molecule has 1 aliphatic rings. The highest BCUT2D eigenvalue weighted by Crippen LogP contribution is 2.34. The predicted molar refractivity (Wildman–Crippen MR) is 116 cm³/mol. The zero-order valence-corrected chi connectivity index (χ0v) is 18.1. The van der Waals surface area contributed by atoms with Crippen molar-refractivity contribution in [3.05, 3.63) is 52.9 Å². The Kier molecular flexibility index (Phi) is 6.37. The van der Waals surface area contributed by atoms with Gasteiger partial charge in [0.15, 0.2) is 0 Å². The number of carbonyl (C=O) groups excluding carboxylic acids is 1. The summed E-state index contributed by atoms with van der Waals surface area (Å²) in [6.45, 7) is 0.641. The number of carboxylic acids is 1. The summed E-state index contributed by atoms with van der Waals surface area (Å²) in [5.74, 6) is -2.47. The summed E-state index contributed by atoms with van der Waals surface area (Å²) in [5.41, 5.74) is 1.75. The highest BCUT2D eigenvalue weighted by Gasteiger charge is 2.45. The monoisotopic (exact) mass is 479 g/mol. The van der Waals surface area contributed by atoms with Gasteiger partial charge >= 0.3 is 12.1 Å². The van der Waals surface area contributed by atoms with E-state index in [0.717, 1.165) is 9.78 Å². The van der Waals surface area contributed by atoms with Crippen LogP contribution in [-0.4, -0.2) is 75.3 Å². The van der Waals surface area contributed by atoms with Crippen LogP contribution in [0, 0.1) is 0 Å². The van der Waals surface area contributed by atoms with Crippen LogP contribution in [0.4, 0.5) is 13.2 Å². The third-order valence-corrected chi connectivity index (χ3v) is 6.45. The molecule has 33 heavy (non-hydrogen) atoms. The minimum atomic E-state index is -5.02. The number of para-hydroxylation sites is 1. The maximum absolute atomic E-state index is 12.7. The van der Waals surface area contributed by atoms with E-state index >= 15 is 0 Å². The second-order valence-corrected chi connectivity index (χ2v) is 8.61. The van der Waals surface area contributed by atoms with Gasteiger partial charge in [0.2, 0.25) is 6.10 Å². The number of benzene rings is 1. The van der Waals surface area contributed by atoms with Crippen LogP contribution in [0.15, 0.2) is 41.8 Å². The second-order valence-electron chi connectivity index (χ2n) is 7.66. The Morgan fingerprint density at radius 2 is 1.79 bits per heavy atom. The van der Waals surface area contributed by atoms with Crippen LogP contribution in [0.3, 0.4) is 0 Å². The second kappa shape index (κ2) is 9.08. The summed E-state index contributed by atoms with van der Waals surface area (Å²) >= 11 is 1.43. The Bertz CT molecular complexity index is 1180. The Hall–Kier alpha value is -3.02. The summed E-state index contributed by atoms with van der Waals surface area (Å²) < 4.78 is 38.0. The van der Waals surface area contributed by atoms with E-state index in [1.807, 2.05) is 22.4 Å². The van der Waals surface area contributed by atoms with Crippen molar-refractivity contribution in [3.8, 4) is 10.6 Å². The molecule has 4 rings (SSSR count). The van der Waals surface area contributed by atoms with Gasteiger partial charge in [-0.05, 0) is 17.5 Å². The minimum absolute atomic E-state index is 0.0102. The Balaban J connectivity index is 1.63. The van der Waals surface area contributed by atoms with Gasteiger partial charge in [-0.1, -0.05) is 24.3 Å². The summed E-state index contributed by atoms with van der Waals surface area (Å²) in [6.07, 6.45) is -8.06. The molecule has 1 fully saturated rings. The quantitative estimate of drug-likeness (QED) is 0.584. The number of thiophene rings is 1. The summed E-state index contributed by atoms with van der Waals surface area (Å²) in [4.78, 5) is 32.6. The largest absolute Gasteiger partial charge is 0.478 e. The van der Waals surface area contributed by atoms with Gasteiger partial charge in [0, 0.05) is 43.7 Å². The third-order valence-electron chi connectivity index (χ3n) is 5.57. The van der Waals surface area contributed by atoms with Crippen molar-refractivity contribution in [2.24, 2.45) is 0 Å². The van der Waals surface area contributed by atoms with Crippen molar-refractivity contribution in [3.63, 3.8) is 0 Å². The van der Waals surface area contributed by atoms with Crippen LogP contribution in [0.5, 0.6) is 0 Å². The van der Waals surface area contributed by atoms with E-state index in [1.54, 1.807) is 24.3 Å². The van der Waals surface area contributed by atoms with Crippen molar-refractivity contribution in [1.82, 2.24) is 14.8 Å². The van der Waals surface area contributed by atoms with Gasteiger partial charge in [0.1, 0.15) is 0 Å². The maximum Gasteiger partial charge on any atom is 0.423 e. The first-order valence-corrected chi connectivity index (χ1v) is 11.0. The third kappa shape index (κ3) is 4.70. The zero-order chi connectivity index (χ0) is 23.8. The summed E-state index contributed by atoms with van der Waals surface area (Å²) in [5, 5.41) is 21.7. The molecule has 1 unspecified atom stereocenters. The number of alkyl halides is 3. The first kappa shape index (κ1) is 23.1. The van der Waals surface area contributed by atoms with Crippen LogP contribution in [-0.2, 0) is 11.3 Å². The van der Waals surface area contributed by atoms with Crippen molar-refractivity contribution < 1.29 is 33.0 Å². The smallest absolute Gasteiger partial charge is 0.423 e. The SMILES string of the molecule is O=C(O)c1c(CN2CCN(C(=O)C(O)C(F)(F)F)CC2)c(-c2cccs2)nc2ccccc12. The number of amides is 1. The van der Waals surface area contributed by atoms with Crippen molar-refractivity contribution in [2.45, 2.75) is 18.8 Å². The van der Waals surface area contributed by atoms with E-state index in [9.17, 15) is 33.0 Å². The number of pyridine rings is 1. The average molecular weight is 479 g/mol. The van der Waals surface area contributed by atoms with Crippen molar-refractivity contribution in [1.29, 1.82) is 0 Å². The molecule has 0 aliphatic carbocycles. The Morgan fingerprint density at radius 3 is 2.39 bits per heavy atom. The van der Waals surface area contributed by atoms with Gasteiger partial charge in [-0.25, -0.2) is 9.78 Å². The highest BCUT2D eigenvalue weighted by molar-refractivity contribution is 7.13.